The summed E-state index contributed by atoms with van der Waals surface area (Å²) < 4.78 is 0. The van der Waals surface area contributed by atoms with Crippen LogP contribution in [0.25, 0.3) is 10.9 Å². The highest BCUT2D eigenvalue weighted by molar-refractivity contribution is 5.83. The summed E-state index contributed by atoms with van der Waals surface area (Å²) in [5.74, 6) is 0. The van der Waals surface area contributed by atoms with Gasteiger partial charge in [-0.2, -0.15) is 0 Å². The van der Waals surface area contributed by atoms with Gasteiger partial charge in [0.2, 0.25) is 0 Å². The first-order valence-electron chi connectivity index (χ1n) is 9.12. The number of benzene rings is 2. The normalized spacial score (nSPS) is 17.1. The minimum Gasteiger partial charge on any atom is -0.369 e. The molecule has 1 aliphatic rings. The topological polar surface area (TPSA) is 48.3 Å². The zero-order chi connectivity index (χ0) is 17.1. The molecule has 1 aromatic heterocycles. The molecule has 3 aromatic rings. The van der Waals surface area contributed by atoms with E-state index in [1.54, 1.807) is 0 Å². The number of rotatable bonds is 5. The van der Waals surface area contributed by atoms with Gasteiger partial charge in [0.25, 0.3) is 0 Å². The molecule has 0 bridgehead atoms. The Bertz CT molecular complexity index is 803. The first-order chi connectivity index (χ1) is 12.3. The molecular formula is C21H26N4. The molecule has 0 radical (unpaired) electrons. The molecule has 4 heteroatoms. The van der Waals surface area contributed by atoms with Crippen LogP contribution < -0.4 is 10.6 Å². The van der Waals surface area contributed by atoms with Crippen LogP contribution in [0.2, 0.25) is 0 Å². The summed E-state index contributed by atoms with van der Waals surface area (Å²) in [6.45, 7) is 5.27. The largest absolute Gasteiger partial charge is 0.369 e. The standard InChI is InChI=1S/C21H26N4/c22-18(14-17-15-23-21-9-5-4-8-20(17)21)16-24-10-12-25(13-11-24)19-6-2-1-3-7-19/h1-9,15,18,23H,10-14,16,22H2/t18-/m1/s1. The summed E-state index contributed by atoms with van der Waals surface area (Å²) in [7, 11) is 0. The van der Waals surface area contributed by atoms with Crippen molar-refractivity contribution in [2.75, 3.05) is 37.6 Å². The van der Waals surface area contributed by atoms with E-state index in [1.807, 2.05) is 0 Å². The molecule has 1 aliphatic heterocycles. The van der Waals surface area contributed by atoms with Gasteiger partial charge in [-0.15, -0.1) is 0 Å². The summed E-state index contributed by atoms with van der Waals surface area (Å²) >= 11 is 0. The SMILES string of the molecule is N[C@H](Cc1c[nH]c2ccccc12)CN1CCN(c2ccccc2)CC1. The maximum atomic E-state index is 6.46. The van der Waals surface area contributed by atoms with Crippen LogP contribution in [0.1, 0.15) is 5.56 Å². The number of hydrogen-bond donors (Lipinski definition) is 2. The van der Waals surface area contributed by atoms with Gasteiger partial charge < -0.3 is 15.6 Å². The van der Waals surface area contributed by atoms with E-state index in [9.17, 15) is 0 Å². The smallest absolute Gasteiger partial charge is 0.0456 e. The van der Waals surface area contributed by atoms with Crippen LogP contribution in [0.5, 0.6) is 0 Å². The molecule has 3 N–H and O–H groups in total. The Hall–Kier alpha value is -2.30. The van der Waals surface area contributed by atoms with Crippen molar-refractivity contribution in [3.8, 4) is 0 Å². The van der Waals surface area contributed by atoms with Crippen molar-refractivity contribution in [3.63, 3.8) is 0 Å². The zero-order valence-corrected chi connectivity index (χ0v) is 14.6. The van der Waals surface area contributed by atoms with Gasteiger partial charge in [0.05, 0.1) is 0 Å². The van der Waals surface area contributed by atoms with Crippen molar-refractivity contribution >= 4 is 16.6 Å². The highest BCUT2D eigenvalue weighted by Crippen LogP contribution is 2.19. The van der Waals surface area contributed by atoms with E-state index in [-0.39, 0.29) is 6.04 Å². The highest BCUT2D eigenvalue weighted by Gasteiger charge is 2.19. The van der Waals surface area contributed by atoms with Gasteiger partial charge in [-0.25, -0.2) is 0 Å². The summed E-state index contributed by atoms with van der Waals surface area (Å²) in [6.07, 6.45) is 3.03. The van der Waals surface area contributed by atoms with Crippen molar-refractivity contribution in [2.45, 2.75) is 12.5 Å². The fourth-order valence-electron chi connectivity index (χ4n) is 3.81. The predicted molar refractivity (Wildman–Crippen MR) is 105 cm³/mol. The van der Waals surface area contributed by atoms with Crippen LogP contribution in [0.3, 0.4) is 0 Å². The number of aromatic nitrogens is 1. The molecule has 0 unspecified atom stereocenters. The fraction of sp³-hybridized carbons (Fsp3) is 0.333. The lowest BCUT2D eigenvalue weighted by molar-refractivity contribution is 0.242. The Kier molecular flexibility index (Phi) is 4.72. The van der Waals surface area contributed by atoms with Gasteiger partial charge in [0.15, 0.2) is 0 Å². The third kappa shape index (κ3) is 3.70. The van der Waals surface area contributed by atoms with E-state index < -0.39 is 0 Å². The predicted octanol–water partition coefficient (Wildman–Crippen LogP) is 2.86. The number of nitrogens with one attached hydrogen (secondary N) is 1. The molecule has 4 nitrogen and oxygen atoms in total. The van der Waals surface area contributed by atoms with E-state index in [0.29, 0.717) is 0 Å². The van der Waals surface area contributed by atoms with Gasteiger partial charge in [-0.05, 0) is 30.2 Å². The lowest BCUT2D eigenvalue weighted by Gasteiger charge is -2.37. The minimum absolute atomic E-state index is 0.169. The number of H-pyrrole nitrogens is 1. The highest BCUT2D eigenvalue weighted by atomic mass is 15.3. The van der Waals surface area contributed by atoms with Crippen LogP contribution >= 0.6 is 0 Å². The fourth-order valence-corrected chi connectivity index (χ4v) is 3.81. The number of piperazine rings is 1. The maximum absolute atomic E-state index is 6.46. The summed E-state index contributed by atoms with van der Waals surface area (Å²) in [5.41, 5.74) is 10.3. The molecule has 0 saturated carbocycles. The molecule has 130 valence electrons. The van der Waals surface area contributed by atoms with Crippen molar-refractivity contribution in [3.05, 3.63) is 66.4 Å². The molecule has 4 rings (SSSR count). The molecule has 0 aliphatic carbocycles. The van der Waals surface area contributed by atoms with Gasteiger partial charge in [-0.1, -0.05) is 36.4 Å². The molecule has 1 saturated heterocycles. The monoisotopic (exact) mass is 334 g/mol. The molecular weight excluding hydrogens is 308 g/mol. The minimum atomic E-state index is 0.169. The van der Waals surface area contributed by atoms with Crippen LogP contribution in [-0.4, -0.2) is 48.6 Å². The third-order valence-electron chi connectivity index (χ3n) is 5.14. The average molecular weight is 334 g/mol. The lowest BCUT2D eigenvalue weighted by atomic mass is 10.0. The Morgan fingerprint density at radius 1 is 0.920 bits per heavy atom. The molecule has 0 amide bonds. The number of aromatic amines is 1. The Labute approximate surface area is 149 Å². The summed E-state index contributed by atoms with van der Waals surface area (Å²) in [4.78, 5) is 8.30. The quantitative estimate of drug-likeness (QED) is 0.754. The second kappa shape index (κ2) is 7.30. The zero-order valence-electron chi connectivity index (χ0n) is 14.6. The average Bonchev–Trinajstić information content (AvgIpc) is 3.06. The molecule has 1 fully saturated rings. The number of nitrogens with two attached hydrogens (primary N) is 1. The number of nitrogens with zero attached hydrogens (tertiary/aromatic N) is 2. The number of anilines is 1. The van der Waals surface area contributed by atoms with E-state index in [1.165, 1.54) is 22.2 Å². The second-order valence-corrected chi connectivity index (χ2v) is 6.95. The van der Waals surface area contributed by atoms with Crippen LogP contribution in [-0.2, 0) is 6.42 Å². The van der Waals surface area contributed by atoms with Gasteiger partial charge >= 0.3 is 0 Å². The number of para-hydroxylation sites is 2. The van der Waals surface area contributed by atoms with E-state index in [4.69, 9.17) is 5.73 Å². The van der Waals surface area contributed by atoms with E-state index >= 15 is 0 Å². The van der Waals surface area contributed by atoms with Crippen LogP contribution in [0.4, 0.5) is 5.69 Å². The van der Waals surface area contributed by atoms with Gasteiger partial charge in [-0.3, -0.25) is 4.90 Å². The van der Waals surface area contributed by atoms with Crippen molar-refractivity contribution < 1.29 is 0 Å². The van der Waals surface area contributed by atoms with Crippen molar-refractivity contribution in [2.24, 2.45) is 5.73 Å². The van der Waals surface area contributed by atoms with Gasteiger partial charge in [0, 0.05) is 61.6 Å². The Morgan fingerprint density at radius 3 is 2.44 bits per heavy atom. The van der Waals surface area contributed by atoms with Crippen LogP contribution in [0.15, 0.2) is 60.8 Å². The maximum Gasteiger partial charge on any atom is 0.0456 e. The van der Waals surface area contributed by atoms with Crippen molar-refractivity contribution in [1.29, 1.82) is 0 Å². The molecule has 2 aromatic carbocycles. The van der Waals surface area contributed by atoms with E-state index in [2.05, 4.69) is 75.6 Å². The summed E-state index contributed by atoms with van der Waals surface area (Å²) in [5, 5.41) is 1.30. The van der Waals surface area contributed by atoms with E-state index in [0.717, 1.165) is 39.1 Å². The number of fused-ring (bicyclic) bond motifs is 1. The number of hydrogen-bond acceptors (Lipinski definition) is 3. The molecule has 25 heavy (non-hydrogen) atoms. The first kappa shape index (κ1) is 16.2. The van der Waals surface area contributed by atoms with Crippen molar-refractivity contribution in [1.82, 2.24) is 9.88 Å². The summed E-state index contributed by atoms with van der Waals surface area (Å²) in [6, 6.07) is 19.3. The van der Waals surface area contributed by atoms with Gasteiger partial charge in [0.1, 0.15) is 0 Å². The Balaban J connectivity index is 1.31. The Morgan fingerprint density at radius 2 is 1.64 bits per heavy atom. The molecule has 2 heterocycles. The molecule has 0 spiro atoms. The molecule has 1 atom stereocenters. The lowest BCUT2D eigenvalue weighted by Crippen LogP contribution is -2.50. The third-order valence-corrected chi connectivity index (χ3v) is 5.14. The second-order valence-electron chi connectivity index (χ2n) is 6.95. The first-order valence-corrected chi connectivity index (χ1v) is 9.12. The van der Waals surface area contributed by atoms with Crippen LogP contribution in [0, 0.1) is 0 Å².